The van der Waals surface area contributed by atoms with Gasteiger partial charge in [-0.2, -0.15) is 13.2 Å². The summed E-state index contributed by atoms with van der Waals surface area (Å²) >= 11 is 0. The Morgan fingerprint density at radius 3 is 2.36 bits per heavy atom. The molecule has 22 heavy (non-hydrogen) atoms. The molecule has 1 heterocycles. The number of carbonyl (C=O) groups is 1. The van der Waals surface area contributed by atoms with Gasteiger partial charge >= 0.3 is 6.18 Å². The average Bonchev–Trinajstić information content (AvgIpc) is 2.96. The Kier molecular flexibility index (Phi) is 4.90. The van der Waals surface area contributed by atoms with E-state index in [4.69, 9.17) is 4.42 Å². The van der Waals surface area contributed by atoms with Crippen molar-refractivity contribution >= 4 is 5.91 Å². The minimum absolute atomic E-state index is 0.240. The van der Waals surface area contributed by atoms with Gasteiger partial charge < -0.3 is 9.73 Å². The Morgan fingerprint density at radius 1 is 1.14 bits per heavy atom. The number of alkyl halides is 3. The van der Waals surface area contributed by atoms with E-state index in [0.29, 0.717) is 19.4 Å². The van der Waals surface area contributed by atoms with Crippen molar-refractivity contribution in [3.05, 3.63) is 59.0 Å². The van der Waals surface area contributed by atoms with E-state index in [2.05, 4.69) is 5.32 Å². The Hall–Kier alpha value is -2.24. The highest BCUT2D eigenvalue weighted by molar-refractivity contribution is 5.91. The highest BCUT2D eigenvalue weighted by atomic mass is 19.4. The highest BCUT2D eigenvalue weighted by Gasteiger charge is 2.29. The molecule has 0 saturated carbocycles. The number of nitrogens with one attached hydrogen (secondary N) is 1. The summed E-state index contributed by atoms with van der Waals surface area (Å²) in [6, 6.07) is 8.25. The molecule has 1 aromatic carbocycles. The number of benzene rings is 1. The molecule has 1 N–H and O–H groups in total. The molecule has 0 aliphatic rings. The second-order valence-electron chi connectivity index (χ2n) is 4.82. The van der Waals surface area contributed by atoms with Crippen LogP contribution in [0.1, 0.15) is 34.4 Å². The summed E-state index contributed by atoms with van der Waals surface area (Å²) in [6.45, 7) is 2.25. The summed E-state index contributed by atoms with van der Waals surface area (Å²) in [5.74, 6) is 0.642. The molecule has 1 aromatic heterocycles. The van der Waals surface area contributed by atoms with Crippen LogP contribution in [0.5, 0.6) is 0 Å². The number of halogens is 3. The molecule has 0 atom stereocenters. The fourth-order valence-electron chi connectivity index (χ4n) is 1.96. The van der Waals surface area contributed by atoms with Crippen molar-refractivity contribution in [1.82, 2.24) is 5.32 Å². The van der Waals surface area contributed by atoms with Gasteiger partial charge in [0.15, 0.2) is 5.76 Å². The molecule has 0 unspecified atom stereocenters. The van der Waals surface area contributed by atoms with Gasteiger partial charge in [0.05, 0.1) is 5.56 Å². The molecule has 0 aliphatic heterocycles. The first-order chi connectivity index (χ1) is 10.4. The monoisotopic (exact) mass is 311 g/mol. The number of amides is 1. The molecule has 2 aromatic rings. The van der Waals surface area contributed by atoms with Crippen LogP contribution in [0.25, 0.3) is 0 Å². The smallest absolute Gasteiger partial charge is 0.416 e. The summed E-state index contributed by atoms with van der Waals surface area (Å²) in [5.41, 5.74) is 0.0463. The normalized spacial score (nSPS) is 11.5. The van der Waals surface area contributed by atoms with Crippen molar-refractivity contribution in [2.24, 2.45) is 0 Å². The maximum absolute atomic E-state index is 12.4. The van der Waals surface area contributed by atoms with E-state index in [1.54, 1.807) is 12.1 Å². The van der Waals surface area contributed by atoms with Gasteiger partial charge in [-0.25, -0.2) is 0 Å². The van der Waals surface area contributed by atoms with Gasteiger partial charge in [-0.1, -0.05) is 19.1 Å². The van der Waals surface area contributed by atoms with E-state index < -0.39 is 11.7 Å². The lowest BCUT2D eigenvalue weighted by molar-refractivity contribution is -0.137. The lowest BCUT2D eigenvalue weighted by atomic mass is 10.1. The zero-order valence-electron chi connectivity index (χ0n) is 12.0. The maximum atomic E-state index is 12.4. The predicted octanol–water partition coefficient (Wildman–Crippen LogP) is 3.83. The van der Waals surface area contributed by atoms with E-state index in [9.17, 15) is 18.0 Å². The van der Waals surface area contributed by atoms with Crippen LogP contribution >= 0.6 is 0 Å². The minimum Gasteiger partial charge on any atom is -0.456 e. The van der Waals surface area contributed by atoms with E-state index in [1.165, 1.54) is 12.1 Å². The SMILES string of the molecule is CCc1ccc(C(=O)NCCc2ccc(C(F)(F)F)cc2)o1. The number of furan rings is 1. The number of carbonyl (C=O) groups excluding carboxylic acids is 1. The largest absolute Gasteiger partial charge is 0.456 e. The van der Waals surface area contributed by atoms with Crippen molar-refractivity contribution in [3.8, 4) is 0 Å². The van der Waals surface area contributed by atoms with Crippen molar-refractivity contribution in [2.45, 2.75) is 25.9 Å². The van der Waals surface area contributed by atoms with Gasteiger partial charge in [-0.05, 0) is 36.2 Å². The van der Waals surface area contributed by atoms with Crippen LogP contribution in [0.3, 0.4) is 0 Å². The molecule has 6 heteroatoms. The van der Waals surface area contributed by atoms with E-state index >= 15 is 0 Å². The van der Waals surface area contributed by atoms with E-state index in [-0.39, 0.29) is 11.7 Å². The standard InChI is InChI=1S/C16H16F3NO2/c1-2-13-7-8-14(22-13)15(21)20-10-9-11-3-5-12(6-4-11)16(17,18)19/h3-8H,2,9-10H2,1H3,(H,20,21). The summed E-state index contributed by atoms with van der Waals surface area (Å²) in [7, 11) is 0. The number of hydrogen-bond donors (Lipinski definition) is 1. The van der Waals surface area contributed by atoms with Crippen LogP contribution in [-0.2, 0) is 19.0 Å². The molecule has 0 bridgehead atoms. The first kappa shape index (κ1) is 16.1. The molecule has 3 nitrogen and oxygen atoms in total. The summed E-state index contributed by atoms with van der Waals surface area (Å²) in [4.78, 5) is 11.8. The third-order valence-corrected chi connectivity index (χ3v) is 3.21. The Bertz CT molecular complexity index is 630. The van der Waals surface area contributed by atoms with Gasteiger partial charge in [0.25, 0.3) is 5.91 Å². The molecule has 0 spiro atoms. The molecule has 0 fully saturated rings. The van der Waals surface area contributed by atoms with Crippen LogP contribution in [0.4, 0.5) is 13.2 Å². The van der Waals surface area contributed by atoms with E-state index in [1.807, 2.05) is 6.92 Å². The summed E-state index contributed by atoms with van der Waals surface area (Å²) in [6.07, 6.45) is -3.17. The Balaban J connectivity index is 1.84. The lowest BCUT2D eigenvalue weighted by Crippen LogP contribution is -2.25. The van der Waals surface area contributed by atoms with Crippen molar-refractivity contribution in [2.75, 3.05) is 6.54 Å². The van der Waals surface area contributed by atoms with Gasteiger partial charge in [0, 0.05) is 13.0 Å². The Labute approximate surface area is 126 Å². The number of aryl methyl sites for hydroxylation is 1. The summed E-state index contributed by atoms with van der Waals surface area (Å²) in [5, 5.41) is 2.67. The van der Waals surface area contributed by atoms with Gasteiger partial charge in [-0.3, -0.25) is 4.79 Å². The molecular weight excluding hydrogens is 295 g/mol. The topological polar surface area (TPSA) is 42.2 Å². The first-order valence-corrected chi connectivity index (χ1v) is 6.93. The van der Waals surface area contributed by atoms with Crippen LogP contribution in [0.2, 0.25) is 0 Å². The third-order valence-electron chi connectivity index (χ3n) is 3.21. The van der Waals surface area contributed by atoms with Crippen molar-refractivity contribution < 1.29 is 22.4 Å². The second kappa shape index (κ2) is 6.68. The fraction of sp³-hybridized carbons (Fsp3) is 0.312. The lowest BCUT2D eigenvalue weighted by Gasteiger charge is -2.08. The van der Waals surface area contributed by atoms with E-state index in [0.717, 1.165) is 23.5 Å². The molecular formula is C16H16F3NO2. The molecule has 0 radical (unpaired) electrons. The fourth-order valence-corrected chi connectivity index (χ4v) is 1.96. The van der Waals surface area contributed by atoms with Gasteiger partial charge in [0.1, 0.15) is 5.76 Å². The van der Waals surface area contributed by atoms with Crippen LogP contribution in [-0.4, -0.2) is 12.5 Å². The quantitative estimate of drug-likeness (QED) is 0.912. The van der Waals surface area contributed by atoms with Crippen molar-refractivity contribution in [3.63, 3.8) is 0 Å². The maximum Gasteiger partial charge on any atom is 0.416 e. The molecule has 1 amide bonds. The van der Waals surface area contributed by atoms with Gasteiger partial charge in [-0.15, -0.1) is 0 Å². The minimum atomic E-state index is -4.33. The zero-order valence-corrected chi connectivity index (χ0v) is 12.0. The molecule has 2 rings (SSSR count). The first-order valence-electron chi connectivity index (χ1n) is 6.93. The molecule has 0 saturated heterocycles. The highest BCUT2D eigenvalue weighted by Crippen LogP contribution is 2.29. The summed E-state index contributed by atoms with van der Waals surface area (Å²) < 4.78 is 42.6. The predicted molar refractivity (Wildman–Crippen MR) is 75.6 cm³/mol. The van der Waals surface area contributed by atoms with Crippen LogP contribution in [0.15, 0.2) is 40.8 Å². The number of rotatable bonds is 5. The Morgan fingerprint density at radius 2 is 1.82 bits per heavy atom. The third kappa shape index (κ3) is 4.13. The van der Waals surface area contributed by atoms with Crippen molar-refractivity contribution in [1.29, 1.82) is 0 Å². The second-order valence-corrected chi connectivity index (χ2v) is 4.82. The number of hydrogen-bond acceptors (Lipinski definition) is 2. The van der Waals surface area contributed by atoms with Crippen LogP contribution in [0, 0.1) is 0 Å². The molecule has 0 aliphatic carbocycles. The molecule has 118 valence electrons. The van der Waals surface area contributed by atoms with Crippen LogP contribution < -0.4 is 5.32 Å². The zero-order chi connectivity index (χ0) is 16.2. The van der Waals surface area contributed by atoms with Gasteiger partial charge in [0.2, 0.25) is 0 Å². The average molecular weight is 311 g/mol.